The molecule has 0 unspecified atom stereocenters. The van der Waals surface area contributed by atoms with Crippen molar-refractivity contribution in [2.24, 2.45) is 0 Å². The molecule has 2 N–H and O–H groups in total. The van der Waals surface area contributed by atoms with E-state index in [2.05, 4.69) is 15.5 Å². The van der Waals surface area contributed by atoms with Crippen molar-refractivity contribution in [3.63, 3.8) is 0 Å². The van der Waals surface area contributed by atoms with E-state index in [9.17, 15) is 18.8 Å². The number of carbonyl (C=O) groups excluding carboxylic acids is 2. The Labute approximate surface area is 272 Å². The zero-order valence-corrected chi connectivity index (χ0v) is 26.3. The number of amides is 2. The Morgan fingerprint density at radius 1 is 1.09 bits per heavy atom. The summed E-state index contributed by atoms with van der Waals surface area (Å²) in [6.07, 6.45) is 4.23. The predicted molar refractivity (Wildman–Crippen MR) is 172 cm³/mol. The number of nitrogens with zero attached hydrogens (tertiary/aromatic N) is 3. The number of aromatic amines is 1. The van der Waals surface area contributed by atoms with Crippen LogP contribution in [0.15, 0.2) is 63.9 Å². The molecule has 3 aliphatic rings. The van der Waals surface area contributed by atoms with Crippen LogP contribution in [0.3, 0.4) is 0 Å². The van der Waals surface area contributed by atoms with Crippen LogP contribution in [-0.2, 0) is 19.3 Å². The van der Waals surface area contributed by atoms with Gasteiger partial charge >= 0.3 is 5.76 Å². The van der Waals surface area contributed by atoms with Gasteiger partial charge in [-0.25, -0.2) is 9.18 Å². The summed E-state index contributed by atoms with van der Waals surface area (Å²) >= 11 is 1.28. The molecule has 47 heavy (non-hydrogen) atoms. The fourth-order valence-corrected chi connectivity index (χ4v) is 8.24. The van der Waals surface area contributed by atoms with Crippen molar-refractivity contribution in [2.45, 2.75) is 50.6 Å². The van der Waals surface area contributed by atoms with Crippen LogP contribution in [-0.4, -0.2) is 45.5 Å². The number of nitrogens with one attached hydrogen (secondary N) is 2. The predicted octanol–water partition coefficient (Wildman–Crippen LogP) is 5.79. The largest absolute Gasteiger partial charge is 0.496 e. The number of hydrogen-bond donors (Lipinski definition) is 2. The first-order valence-electron chi connectivity index (χ1n) is 15.6. The van der Waals surface area contributed by atoms with Crippen LogP contribution < -0.4 is 15.8 Å². The molecule has 0 saturated carbocycles. The fourth-order valence-electron chi connectivity index (χ4n) is 7.27. The number of fused-ring (bicyclic) bond motifs is 4. The average molecular weight is 652 g/mol. The van der Waals surface area contributed by atoms with Gasteiger partial charge < -0.3 is 15.0 Å². The maximum Gasteiger partial charge on any atom is 0.439 e. The van der Waals surface area contributed by atoms with E-state index < -0.39 is 5.76 Å². The van der Waals surface area contributed by atoms with Gasteiger partial charge in [0.05, 0.1) is 46.6 Å². The van der Waals surface area contributed by atoms with Crippen LogP contribution in [0.25, 0.3) is 21.8 Å². The van der Waals surface area contributed by atoms with Gasteiger partial charge in [0.1, 0.15) is 11.6 Å². The highest BCUT2D eigenvalue weighted by atomic mass is 32.1. The van der Waals surface area contributed by atoms with Gasteiger partial charge in [-0.3, -0.25) is 24.1 Å². The summed E-state index contributed by atoms with van der Waals surface area (Å²) in [5, 5.41) is 7.22. The number of halogens is 1. The van der Waals surface area contributed by atoms with E-state index >= 15 is 0 Å². The van der Waals surface area contributed by atoms with Crippen molar-refractivity contribution < 1.29 is 23.2 Å². The molecule has 1 saturated heterocycles. The summed E-state index contributed by atoms with van der Waals surface area (Å²) < 4.78 is 24.1. The van der Waals surface area contributed by atoms with Crippen LogP contribution in [0, 0.1) is 5.82 Å². The van der Waals surface area contributed by atoms with E-state index in [4.69, 9.17) is 14.2 Å². The van der Waals surface area contributed by atoms with Gasteiger partial charge in [-0.05, 0) is 85.5 Å². The second-order valence-electron chi connectivity index (χ2n) is 12.1. The van der Waals surface area contributed by atoms with E-state index in [1.54, 1.807) is 25.3 Å². The molecule has 2 atom stereocenters. The molecule has 12 heteroatoms. The van der Waals surface area contributed by atoms with Crippen LogP contribution in [0.1, 0.15) is 79.5 Å². The third kappa shape index (κ3) is 5.03. The fraction of sp³-hybridized carbons (Fsp3) is 0.286. The van der Waals surface area contributed by atoms with Crippen molar-refractivity contribution in [3.8, 4) is 27.6 Å². The number of aromatic nitrogens is 3. The lowest BCUT2D eigenvalue weighted by Gasteiger charge is -2.16. The maximum atomic E-state index is 14.0. The Morgan fingerprint density at radius 2 is 1.94 bits per heavy atom. The molecular formula is C35H30FN5O5S. The van der Waals surface area contributed by atoms with Crippen molar-refractivity contribution >= 4 is 23.2 Å². The molecule has 5 heterocycles. The van der Waals surface area contributed by atoms with Crippen molar-refractivity contribution in [3.05, 3.63) is 109 Å². The van der Waals surface area contributed by atoms with E-state index in [1.807, 2.05) is 29.2 Å². The first-order chi connectivity index (χ1) is 22.9. The first kappa shape index (κ1) is 29.3. The number of H-pyrrole nitrogens is 1. The standard InChI is InChI=1S/C35H30FN5O5S/c1-45-25-6-2-4-20-21(25)12-14-22(20)38-33(42)27-16-15-26(47-27)29-28(32-39-35(44)46-40-32)23(13-9-18-7-10-19(36)11-8-18)37-31-24-5-3-17-41(24)34(43)30(29)31/h2,4,6-8,10-11,15-16,22,24H,3,5,9,12-14,17H2,1H3,(H,38,42)(H,39,40,44)/t22-,24-/m0/s1. The molecular weight excluding hydrogens is 621 g/mol. The lowest BCUT2D eigenvalue weighted by atomic mass is 9.93. The Morgan fingerprint density at radius 3 is 2.72 bits per heavy atom. The minimum Gasteiger partial charge on any atom is -0.496 e. The van der Waals surface area contributed by atoms with Crippen LogP contribution in [0.5, 0.6) is 5.75 Å². The molecule has 5 aromatic rings. The Bertz CT molecular complexity index is 2100. The lowest BCUT2D eigenvalue weighted by molar-refractivity contribution is 0.0776. The number of pyridine rings is 1. The zero-order valence-electron chi connectivity index (χ0n) is 25.5. The number of thiophene rings is 1. The molecule has 2 aromatic carbocycles. The number of aryl methyl sites for hydroxylation is 2. The second kappa shape index (κ2) is 11.6. The summed E-state index contributed by atoms with van der Waals surface area (Å²) in [5.74, 6) is -0.414. The molecule has 1 aliphatic carbocycles. The lowest BCUT2D eigenvalue weighted by Crippen LogP contribution is -2.26. The Balaban J connectivity index is 1.21. The van der Waals surface area contributed by atoms with Gasteiger partial charge in [0.25, 0.3) is 11.8 Å². The highest BCUT2D eigenvalue weighted by Crippen LogP contribution is 2.49. The normalized spacial score (nSPS) is 17.9. The molecule has 10 nitrogen and oxygen atoms in total. The van der Waals surface area contributed by atoms with Crippen LogP contribution >= 0.6 is 11.3 Å². The second-order valence-corrected chi connectivity index (χ2v) is 13.1. The van der Waals surface area contributed by atoms with E-state index in [-0.39, 0.29) is 35.5 Å². The molecule has 8 rings (SSSR count). The molecule has 0 spiro atoms. The van der Waals surface area contributed by atoms with Gasteiger partial charge in [-0.2, -0.15) is 0 Å². The van der Waals surface area contributed by atoms with Gasteiger partial charge in [0, 0.05) is 17.0 Å². The SMILES string of the molecule is COc1cccc2c1CC[C@@H]2NC(=O)c1ccc(-c2c3c(nc(CCc4ccc(F)cc4)c2-c2noc(=O)[nH]2)[C@@H]2CCCN2C3=O)s1. The Hall–Kier alpha value is -5.10. The van der Waals surface area contributed by atoms with Crippen molar-refractivity contribution in [2.75, 3.05) is 13.7 Å². The third-order valence-corrected chi connectivity index (χ3v) is 10.5. The van der Waals surface area contributed by atoms with E-state index in [0.29, 0.717) is 57.2 Å². The molecule has 0 bridgehead atoms. The van der Waals surface area contributed by atoms with Crippen molar-refractivity contribution in [1.82, 2.24) is 25.3 Å². The summed E-state index contributed by atoms with van der Waals surface area (Å²) in [6, 6.07) is 15.5. The number of rotatable bonds is 8. The van der Waals surface area contributed by atoms with Crippen molar-refractivity contribution in [1.29, 1.82) is 0 Å². The highest BCUT2D eigenvalue weighted by Gasteiger charge is 2.44. The van der Waals surface area contributed by atoms with Gasteiger partial charge in [-0.15, -0.1) is 11.3 Å². The summed E-state index contributed by atoms with van der Waals surface area (Å²) in [6.45, 7) is 0.631. The van der Waals surface area contributed by atoms with Crippen LogP contribution in [0.4, 0.5) is 4.39 Å². The molecule has 2 aliphatic heterocycles. The molecule has 0 radical (unpaired) electrons. The number of hydrogen-bond acceptors (Lipinski definition) is 8. The molecule has 3 aromatic heterocycles. The number of benzene rings is 2. The monoisotopic (exact) mass is 651 g/mol. The minimum atomic E-state index is -0.734. The zero-order chi connectivity index (χ0) is 32.2. The summed E-state index contributed by atoms with van der Waals surface area (Å²) in [5.41, 5.74) is 5.92. The summed E-state index contributed by atoms with van der Waals surface area (Å²) in [7, 11) is 1.65. The van der Waals surface area contributed by atoms with E-state index in [0.717, 1.165) is 48.1 Å². The van der Waals surface area contributed by atoms with Gasteiger partial charge in [0.2, 0.25) is 0 Å². The molecule has 1 fully saturated rings. The maximum absolute atomic E-state index is 14.0. The number of carbonyl (C=O) groups is 2. The summed E-state index contributed by atoms with van der Waals surface area (Å²) in [4.78, 5) is 50.6. The minimum absolute atomic E-state index is 0.127. The Kier molecular flexibility index (Phi) is 7.24. The van der Waals surface area contributed by atoms with E-state index in [1.165, 1.54) is 23.5 Å². The van der Waals surface area contributed by atoms with Gasteiger partial charge in [0.15, 0.2) is 5.82 Å². The number of methoxy groups -OCH3 is 1. The topological polar surface area (TPSA) is 130 Å². The smallest absolute Gasteiger partial charge is 0.439 e. The third-order valence-electron chi connectivity index (χ3n) is 9.41. The van der Waals surface area contributed by atoms with Crippen LogP contribution in [0.2, 0.25) is 0 Å². The first-order valence-corrected chi connectivity index (χ1v) is 16.5. The average Bonchev–Trinajstić information content (AvgIpc) is 3.92. The quantitative estimate of drug-likeness (QED) is 0.217. The molecule has 238 valence electrons. The molecule has 2 amide bonds. The highest BCUT2D eigenvalue weighted by molar-refractivity contribution is 7.17. The number of ether oxygens (including phenoxy) is 1. The van der Waals surface area contributed by atoms with Gasteiger partial charge in [-0.1, -0.05) is 29.4 Å².